The summed E-state index contributed by atoms with van der Waals surface area (Å²) in [6.07, 6.45) is 1.67. The number of hydrogen-bond acceptors (Lipinski definition) is 5. The highest BCUT2D eigenvalue weighted by atomic mass is 32.1. The molecule has 118 valence electrons. The molecule has 0 radical (unpaired) electrons. The molecule has 6 heteroatoms. The van der Waals surface area contributed by atoms with Crippen LogP contribution in [-0.4, -0.2) is 16.0 Å². The second kappa shape index (κ2) is 7.21. The molecule has 0 atom stereocenters. The van der Waals surface area contributed by atoms with Gasteiger partial charge in [-0.1, -0.05) is 30.3 Å². The van der Waals surface area contributed by atoms with Crippen LogP contribution in [0.25, 0.3) is 10.8 Å². The second-order valence-corrected chi connectivity index (χ2v) is 5.95. The Morgan fingerprint density at radius 2 is 2.04 bits per heavy atom. The van der Waals surface area contributed by atoms with Crippen LogP contribution in [0.15, 0.2) is 52.5 Å². The largest absolute Gasteiger partial charge is 0.444 e. The zero-order valence-electron chi connectivity index (χ0n) is 12.4. The minimum absolute atomic E-state index is 0.0422. The molecule has 1 aromatic carbocycles. The standard InChI is InChI=1S/C17H16N2O3S/c20-10-13-5-2-1-4-12(13)9-18-16(21)8-14-11-22-17(19-14)15-6-3-7-23-15/h1-7,11,20H,8-10H2,(H,18,21). The van der Waals surface area contributed by atoms with Crippen LogP contribution in [0.4, 0.5) is 0 Å². The van der Waals surface area contributed by atoms with Crippen LogP contribution in [0.5, 0.6) is 0 Å². The van der Waals surface area contributed by atoms with Crippen molar-refractivity contribution in [3.8, 4) is 10.8 Å². The number of aliphatic hydroxyl groups excluding tert-OH is 1. The quantitative estimate of drug-likeness (QED) is 0.729. The zero-order valence-corrected chi connectivity index (χ0v) is 13.2. The smallest absolute Gasteiger partial charge is 0.236 e. The molecule has 3 aromatic rings. The van der Waals surface area contributed by atoms with Crippen LogP contribution in [-0.2, 0) is 24.4 Å². The molecule has 2 heterocycles. The maximum atomic E-state index is 12.0. The fourth-order valence-electron chi connectivity index (χ4n) is 2.21. The van der Waals surface area contributed by atoms with Crippen LogP contribution in [0.1, 0.15) is 16.8 Å². The maximum absolute atomic E-state index is 12.0. The molecule has 1 amide bonds. The number of hydrogen-bond donors (Lipinski definition) is 2. The van der Waals surface area contributed by atoms with Gasteiger partial charge in [0, 0.05) is 6.54 Å². The minimum Gasteiger partial charge on any atom is -0.444 e. The average Bonchev–Trinajstić information content (AvgIpc) is 3.24. The van der Waals surface area contributed by atoms with E-state index in [4.69, 9.17) is 4.42 Å². The van der Waals surface area contributed by atoms with E-state index in [9.17, 15) is 9.90 Å². The van der Waals surface area contributed by atoms with E-state index in [0.717, 1.165) is 16.0 Å². The number of nitrogens with zero attached hydrogens (tertiary/aromatic N) is 1. The first-order chi connectivity index (χ1) is 11.3. The Labute approximate surface area is 137 Å². The van der Waals surface area contributed by atoms with Gasteiger partial charge in [0.1, 0.15) is 6.26 Å². The molecule has 0 spiro atoms. The predicted molar refractivity (Wildman–Crippen MR) is 87.7 cm³/mol. The zero-order chi connectivity index (χ0) is 16.1. The lowest BCUT2D eigenvalue weighted by Crippen LogP contribution is -2.25. The lowest BCUT2D eigenvalue weighted by molar-refractivity contribution is -0.120. The summed E-state index contributed by atoms with van der Waals surface area (Å²) in [6, 6.07) is 11.3. The average molecular weight is 328 g/mol. The molecular formula is C17H16N2O3S. The van der Waals surface area contributed by atoms with Gasteiger partial charge in [0.15, 0.2) is 0 Å². The van der Waals surface area contributed by atoms with Crippen LogP contribution >= 0.6 is 11.3 Å². The number of amides is 1. The summed E-state index contributed by atoms with van der Waals surface area (Å²) in [5.74, 6) is 0.400. The SMILES string of the molecule is O=C(Cc1coc(-c2cccs2)n1)NCc1ccccc1CO. The number of rotatable bonds is 6. The fraction of sp³-hybridized carbons (Fsp3) is 0.176. The molecule has 0 bridgehead atoms. The van der Waals surface area contributed by atoms with Crippen molar-refractivity contribution < 1.29 is 14.3 Å². The minimum atomic E-state index is -0.135. The van der Waals surface area contributed by atoms with Crippen molar-refractivity contribution >= 4 is 17.2 Å². The Hall–Kier alpha value is -2.44. The highest BCUT2D eigenvalue weighted by molar-refractivity contribution is 7.13. The topological polar surface area (TPSA) is 75.4 Å². The first-order valence-corrected chi connectivity index (χ1v) is 8.07. The predicted octanol–water partition coefficient (Wildman–Crippen LogP) is 2.75. The number of nitrogens with one attached hydrogen (secondary N) is 1. The molecule has 0 unspecified atom stereocenters. The molecule has 23 heavy (non-hydrogen) atoms. The van der Waals surface area contributed by atoms with Crippen molar-refractivity contribution in [3.63, 3.8) is 0 Å². The monoisotopic (exact) mass is 328 g/mol. The summed E-state index contributed by atoms with van der Waals surface area (Å²) in [5.41, 5.74) is 2.32. The van der Waals surface area contributed by atoms with E-state index in [0.29, 0.717) is 18.1 Å². The van der Waals surface area contributed by atoms with E-state index in [2.05, 4.69) is 10.3 Å². The molecule has 3 rings (SSSR count). The third kappa shape index (κ3) is 3.85. The number of aliphatic hydroxyl groups is 1. The van der Waals surface area contributed by atoms with Gasteiger partial charge in [-0.15, -0.1) is 11.3 Å². The van der Waals surface area contributed by atoms with E-state index < -0.39 is 0 Å². The number of aromatic nitrogens is 1. The summed E-state index contributed by atoms with van der Waals surface area (Å²) >= 11 is 1.54. The molecule has 0 aliphatic rings. The summed E-state index contributed by atoms with van der Waals surface area (Å²) in [6.45, 7) is 0.338. The molecule has 5 nitrogen and oxygen atoms in total. The van der Waals surface area contributed by atoms with Gasteiger partial charge in [-0.3, -0.25) is 4.79 Å². The van der Waals surface area contributed by atoms with E-state index in [-0.39, 0.29) is 18.9 Å². The third-order valence-electron chi connectivity index (χ3n) is 3.39. The molecular weight excluding hydrogens is 312 g/mol. The van der Waals surface area contributed by atoms with Crippen LogP contribution in [0.2, 0.25) is 0 Å². The molecule has 0 aliphatic carbocycles. The van der Waals surface area contributed by atoms with Crippen LogP contribution in [0, 0.1) is 0 Å². The normalized spacial score (nSPS) is 10.7. The molecule has 2 aromatic heterocycles. The van der Waals surface area contributed by atoms with Crippen molar-refractivity contribution in [2.24, 2.45) is 0 Å². The Balaban J connectivity index is 1.57. The highest BCUT2D eigenvalue weighted by Crippen LogP contribution is 2.23. The van der Waals surface area contributed by atoms with Crippen LogP contribution in [0.3, 0.4) is 0 Å². The molecule has 0 aliphatic heterocycles. The number of carbonyl (C=O) groups is 1. The van der Waals surface area contributed by atoms with Gasteiger partial charge in [0.25, 0.3) is 0 Å². The number of benzene rings is 1. The first-order valence-electron chi connectivity index (χ1n) is 7.19. The van der Waals surface area contributed by atoms with Gasteiger partial charge < -0.3 is 14.8 Å². The van der Waals surface area contributed by atoms with E-state index in [1.165, 1.54) is 17.6 Å². The van der Waals surface area contributed by atoms with Gasteiger partial charge >= 0.3 is 0 Å². The lowest BCUT2D eigenvalue weighted by atomic mass is 10.1. The summed E-state index contributed by atoms with van der Waals surface area (Å²) < 4.78 is 5.40. The second-order valence-electron chi connectivity index (χ2n) is 5.00. The van der Waals surface area contributed by atoms with Crippen LogP contribution < -0.4 is 5.32 Å². The summed E-state index contributed by atoms with van der Waals surface area (Å²) in [5, 5.41) is 14.1. The Kier molecular flexibility index (Phi) is 4.85. The summed E-state index contributed by atoms with van der Waals surface area (Å²) in [7, 11) is 0. The van der Waals surface area contributed by atoms with E-state index in [1.807, 2.05) is 41.8 Å². The highest BCUT2D eigenvalue weighted by Gasteiger charge is 2.11. The fourth-order valence-corrected chi connectivity index (χ4v) is 2.86. The number of carbonyl (C=O) groups excluding carboxylic acids is 1. The summed E-state index contributed by atoms with van der Waals surface area (Å²) in [4.78, 5) is 17.3. The maximum Gasteiger partial charge on any atom is 0.236 e. The van der Waals surface area contributed by atoms with Crippen molar-refractivity contribution in [1.82, 2.24) is 10.3 Å². The molecule has 2 N–H and O–H groups in total. The first kappa shape index (κ1) is 15.5. The Morgan fingerprint density at radius 1 is 1.22 bits per heavy atom. The van der Waals surface area contributed by atoms with Gasteiger partial charge in [0.05, 0.1) is 23.6 Å². The van der Waals surface area contributed by atoms with Crippen molar-refractivity contribution in [2.45, 2.75) is 19.6 Å². The molecule has 0 saturated carbocycles. The van der Waals surface area contributed by atoms with E-state index >= 15 is 0 Å². The van der Waals surface area contributed by atoms with Crippen molar-refractivity contribution in [3.05, 3.63) is 64.9 Å². The number of thiophene rings is 1. The third-order valence-corrected chi connectivity index (χ3v) is 4.25. The van der Waals surface area contributed by atoms with E-state index in [1.54, 1.807) is 0 Å². The van der Waals surface area contributed by atoms with Crippen molar-refractivity contribution in [1.29, 1.82) is 0 Å². The van der Waals surface area contributed by atoms with Gasteiger partial charge in [-0.05, 0) is 22.6 Å². The molecule has 0 fully saturated rings. The Bertz CT molecular complexity index is 781. The van der Waals surface area contributed by atoms with Gasteiger partial charge in [-0.2, -0.15) is 0 Å². The molecule has 0 saturated heterocycles. The Morgan fingerprint density at radius 3 is 2.78 bits per heavy atom. The number of oxazole rings is 1. The van der Waals surface area contributed by atoms with Gasteiger partial charge in [-0.25, -0.2) is 4.98 Å². The lowest BCUT2D eigenvalue weighted by Gasteiger charge is -2.08. The van der Waals surface area contributed by atoms with Gasteiger partial charge in [0.2, 0.25) is 11.8 Å². The van der Waals surface area contributed by atoms with Crippen molar-refractivity contribution in [2.75, 3.05) is 0 Å².